The first-order valence-corrected chi connectivity index (χ1v) is 9.39. The van der Waals surface area contributed by atoms with E-state index < -0.39 is 0 Å². The van der Waals surface area contributed by atoms with E-state index in [1.54, 1.807) is 0 Å². The lowest BCUT2D eigenvalue weighted by atomic mass is 9.98. The molecule has 0 saturated carbocycles. The first-order valence-electron chi connectivity index (χ1n) is 9.39. The molecule has 0 bridgehead atoms. The van der Waals surface area contributed by atoms with Crippen molar-refractivity contribution in [3.8, 4) is 0 Å². The van der Waals surface area contributed by atoms with Gasteiger partial charge in [0.1, 0.15) is 0 Å². The van der Waals surface area contributed by atoms with Crippen molar-refractivity contribution in [2.75, 3.05) is 4.90 Å². The average Bonchev–Trinajstić information content (AvgIpc) is 2.86. The van der Waals surface area contributed by atoms with Crippen molar-refractivity contribution < 1.29 is 0 Å². The lowest BCUT2D eigenvalue weighted by Gasteiger charge is -2.29. The van der Waals surface area contributed by atoms with Crippen LogP contribution in [-0.2, 0) is 0 Å². The molecular weight excluding hydrogens is 326 g/mol. The minimum atomic E-state index is 1.21. The Kier molecular flexibility index (Phi) is 3.61. The molecule has 1 nitrogen and oxygen atoms in total. The van der Waals surface area contributed by atoms with Gasteiger partial charge in [-0.05, 0) is 59.7 Å². The Morgan fingerprint density at radius 3 is 1.78 bits per heavy atom. The lowest BCUT2D eigenvalue weighted by molar-refractivity contribution is 1.28. The molecule has 130 valence electrons. The van der Waals surface area contributed by atoms with E-state index in [4.69, 9.17) is 0 Å². The molecule has 0 spiro atoms. The zero-order chi connectivity index (χ0) is 18.4. The Balaban J connectivity index is 1.89. The molecule has 4 aromatic carbocycles. The second-order valence-corrected chi connectivity index (χ2v) is 7.19. The number of hydrogen-bond donors (Lipinski definition) is 0. The van der Waals surface area contributed by atoms with E-state index >= 15 is 0 Å². The molecule has 0 radical (unpaired) electrons. The molecular formula is C26H21N. The maximum atomic E-state index is 2.41. The van der Waals surface area contributed by atoms with Gasteiger partial charge in [0.2, 0.25) is 0 Å². The summed E-state index contributed by atoms with van der Waals surface area (Å²) in [4.78, 5) is 2.41. The number of para-hydroxylation sites is 2. The molecule has 1 heterocycles. The molecule has 0 aromatic heterocycles. The summed E-state index contributed by atoms with van der Waals surface area (Å²) in [5, 5.41) is 2.64. The minimum Gasteiger partial charge on any atom is -0.309 e. The summed E-state index contributed by atoms with van der Waals surface area (Å²) in [5.41, 5.74) is 8.76. The Morgan fingerprint density at radius 1 is 0.519 bits per heavy atom. The van der Waals surface area contributed by atoms with Gasteiger partial charge in [0.05, 0.1) is 17.1 Å². The topological polar surface area (TPSA) is 3.24 Å². The van der Waals surface area contributed by atoms with Crippen LogP contribution in [-0.4, -0.2) is 0 Å². The quantitative estimate of drug-likeness (QED) is 0.305. The molecule has 5 rings (SSSR count). The second-order valence-electron chi connectivity index (χ2n) is 7.19. The Hall–Kier alpha value is -3.32. The van der Waals surface area contributed by atoms with Gasteiger partial charge >= 0.3 is 0 Å². The monoisotopic (exact) mass is 347 g/mol. The van der Waals surface area contributed by atoms with Gasteiger partial charge in [0.25, 0.3) is 0 Å². The summed E-state index contributed by atoms with van der Waals surface area (Å²) < 4.78 is 0. The van der Waals surface area contributed by atoms with E-state index in [0.29, 0.717) is 0 Å². The van der Waals surface area contributed by atoms with Crippen LogP contribution >= 0.6 is 0 Å². The van der Waals surface area contributed by atoms with Crippen molar-refractivity contribution in [2.24, 2.45) is 0 Å². The second kappa shape index (κ2) is 6.14. The van der Waals surface area contributed by atoms with Crippen LogP contribution in [0.15, 0.2) is 78.9 Å². The summed E-state index contributed by atoms with van der Waals surface area (Å²) >= 11 is 0. The van der Waals surface area contributed by atoms with E-state index in [2.05, 4.69) is 110 Å². The van der Waals surface area contributed by atoms with Crippen LogP contribution in [0.3, 0.4) is 0 Å². The van der Waals surface area contributed by atoms with E-state index in [9.17, 15) is 0 Å². The van der Waals surface area contributed by atoms with Crippen LogP contribution in [0.4, 0.5) is 17.1 Å². The maximum Gasteiger partial charge on any atom is 0.0540 e. The van der Waals surface area contributed by atoms with Crippen LogP contribution < -0.4 is 4.90 Å². The van der Waals surface area contributed by atoms with Gasteiger partial charge in [-0.15, -0.1) is 0 Å². The first kappa shape index (κ1) is 15.9. The first-order chi connectivity index (χ1) is 13.2. The van der Waals surface area contributed by atoms with Gasteiger partial charge in [0, 0.05) is 5.39 Å². The van der Waals surface area contributed by atoms with Crippen molar-refractivity contribution in [3.05, 3.63) is 101 Å². The highest BCUT2D eigenvalue weighted by Gasteiger charge is 2.21. The summed E-state index contributed by atoms with van der Waals surface area (Å²) in [7, 11) is 0. The largest absolute Gasteiger partial charge is 0.309 e. The highest BCUT2D eigenvalue weighted by Crippen LogP contribution is 2.44. The number of anilines is 3. The van der Waals surface area contributed by atoms with E-state index in [1.165, 1.54) is 50.1 Å². The molecule has 0 fully saturated rings. The normalized spacial score (nSPS) is 12.6. The fourth-order valence-electron chi connectivity index (χ4n) is 4.21. The van der Waals surface area contributed by atoms with Gasteiger partial charge in [-0.3, -0.25) is 0 Å². The van der Waals surface area contributed by atoms with Crippen molar-refractivity contribution in [1.82, 2.24) is 0 Å². The summed E-state index contributed by atoms with van der Waals surface area (Å²) in [6.07, 6.45) is 4.44. The third-order valence-corrected chi connectivity index (χ3v) is 5.47. The molecule has 1 aliphatic heterocycles. The summed E-state index contributed by atoms with van der Waals surface area (Å²) in [6, 6.07) is 28.4. The standard InChI is InChI=1S/C26H21N/c1-18-8-7-11-22-25(17-14-19(2)26(18)22)27-23-12-5-3-9-20(23)15-16-21-10-4-6-13-24(21)27/h3-17H,1-2H3. The smallest absolute Gasteiger partial charge is 0.0540 e. The van der Waals surface area contributed by atoms with E-state index in [0.717, 1.165) is 0 Å². The number of aryl methyl sites for hydroxylation is 2. The zero-order valence-corrected chi connectivity index (χ0v) is 15.6. The number of nitrogens with zero attached hydrogens (tertiary/aromatic N) is 1. The van der Waals surface area contributed by atoms with E-state index in [-0.39, 0.29) is 0 Å². The molecule has 27 heavy (non-hydrogen) atoms. The van der Waals surface area contributed by atoms with Crippen molar-refractivity contribution in [3.63, 3.8) is 0 Å². The fraction of sp³-hybridized carbons (Fsp3) is 0.0769. The van der Waals surface area contributed by atoms with Crippen molar-refractivity contribution >= 4 is 40.0 Å². The molecule has 0 N–H and O–H groups in total. The summed E-state index contributed by atoms with van der Waals surface area (Å²) in [5.74, 6) is 0. The third kappa shape index (κ3) is 2.47. The predicted octanol–water partition coefficient (Wildman–Crippen LogP) is 7.41. The molecule has 0 aliphatic carbocycles. The Morgan fingerprint density at radius 2 is 1.11 bits per heavy atom. The van der Waals surface area contributed by atoms with Gasteiger partial charge in [-0.2, -0.15) is 0 Å². The Labute approximate surface area is 160 Å². The predicted molar refractivity (Wildman–Crippen MR) is 117 cm³/mol. The van der Waals surface area contributed by atoms with E-state index in [1.807, 2.05) is 0 Å². The van der Waals surface area contributed by atoms with Crippen molar-refractivity contribution in [1.29, 1.82) is 0 Å². The Bertz CT molecular complexity index is 1140. The summed E-state index contributed by atoms with van der Waals surface area (Å²) in [6.45, 7) is 4.40. The highest BCUT2D eigenvalue weighted by atomic mass is 15.1. The van der Waals surface area contributed by atoms with Crippen LogP contribution in [0, 0.1) is 13.8 Å². The zero-order valence-electron chi connectivity index (χ0n) is 15.6. The number of benzene rings is 4. The van der Waals surface area contributed by atoms with Crippen LogP contribution in [0.5, 0.6) is 0 Å². The molecule has 1 heteroatoms. The lowest BCUT2D eigenvalue weighted by Crippen LogP contribution is -2.12. The van der Waals surface area contributed by atoms with Gasteiger partial charge in [0.15, 0.2) is 0 Å². The van der Waals surface area contributed by atoms with Crippen LogP contribution in [0.2, 0.25) is 0 Å². The van der Waals surface area contributed by atoms with Gasteiger partial charge < -0.3 is 4.90 Å². The average molecular weight is 347 g/mol. The van der Waals surface area contributed by atoms with Gasteiger partial charge in [-0.1, -0.05) is 72.8 Å². The molecule has 4 aromatic rings. The van der Waals surface area contributed by atoms with Crippen molar-refractivity contribution in [2.45, 2.75) is 13.8 Å². The molecule has 0 unspecified atom stereocenters. The number of hydrogen-bond acceptors (Lipinski definition) is 1. The van der Waals surface area contributed by atoms with Gasteiger partial charge in [-0.25, -0.2) is 0 Å². The molecule has 0 saturated heterocycles. The SMILES string of the molecule is Cc1cccc2c(N3c4ccccc4C=Cc4ccccc43)ccc(C)c12. The maximum absolute atomic E-state index is 2.41. The third-order valence-electron chi connectivity index (χ3n) is 5.47. The number of fused-ring (bicyclic) bond motifs is 3. The molecule has 0 amide bonds. The fourth-order valence-corrected chi connectivity index (χ4v) is 4.21. The van der Waals surface area contributed by atoms with Crippen LogP contribution in [0.25, 0.3) is 22.9 Å². The molecule has 1 aliphatic rings. The van der Waals surface area contributed by atoms with Crippen LogP contribution in [0.1, 0.15) is 22.3 Å². The number of rotatable bonds is 1. The highest BCUT2D eigenvalue weighted by molar-refractivity contribution is 6.04. The minimum absolute atomic E-state index is 1.21. The molecule has 0 atom stereocenters.